The van der Waals surface area contributed by atoms with Crippen molar-refractivity contribution in [3.05, 3.63) is 47.0 Å². The van der Waals surface area contributed by atoms with Crippen molar-refractivity contribution in [2.45, 2.75) is 219 Å². The van der Waals surface area contributed by atoms with Crippen LogP contribution in [0.2, 0.25) is 0 Å². The molecule has 1 aromatic heterocycles. The fraction of sp³-hybridized carbons (Fsp3) is 0.796. The average Bonchev–Trinajstić information content (AvgIpc) is 3.53. The van der Waals surface area contributed by atoms with E-state index in [-0.39, 0.29) is 44.9 Å². The molecule has 1 fully saturated rings. The van der Waals surface area contributed by atoms with Crippen LogP contribution in [0.4, 0.5) is 0 Å². The Morgan fingerprint density at radius 2 is 1.39 bits per heavy atom. The van der Waals surface area contributed by atoms with Gasteiger partial charge in [0.2, 0.25) is 0 Å². The Morgan fingerprint density at radius 1 is 0.797 bits per heavy atom. The van der Waals surface area contributed by atoms with Crippen molar-refractivity contribution >= 4 is 19.8 Å². The third-order valence-corrected chi connectivity index (χ3v) is 12.8. The molecule has 2 unspecified atom stereocenters. The molecule has 370 valence electrons. The maximum Gasteiger partial charge on any atom is 0.472 e. The molecule has 0 aromatic carbocycles. The van der Waals surface area contributed by atoms with Gasteiger partial charge in [0.1, 0.15) is 18.1 Å². The van der Waals surface area contributed by atoms with Gasteiger partial charge in [0, 0.05) is 44.6 Å². The second-order valence-corrected chi connectivity index (χ2v) is 18.9. The van der Waals surface area contributed by atoms with Crippen molar-refractivity contribution in [3.8, 4) is 0 Å². The van der Waals surface area contributed by atoms with E-state index in [2.05, 4.69) is 27.7 Å². The van der Waals surface area contributed by atoms with Crippen LogP contribution in [0.15, 0.2) is 28.7 Å². The summed E-state index contributed by atoms with van der Waals surface area (Å²) in [6.07, 6.45) is 25.0. The zero-order valence-corrected chi connectivity index (χ0v) is 40.7. The first-order valence-corrected chi connectivity index (χ1v) is 26.1. The summed E-state index contributed by atoms with van der Waals surface area (Å²) >= 11 is 0. The fourth-order valence-electron chi connectivity index (χ4n) is 7.79. The molecule has 2 heterocycles. The molecule has 2 rings (SSSR count). The number of hydrogen-bond acceptors (Lipinski definition) is 13. The van der Waals surface area contributed by atoms with Crippen LogP contribution in [0.1, 0.15) is 184 Å². The average molecular weight is 928 g/mol. The Hall–Kier alpha value is -2.39. The van der Waals surface area contributed by atoms with E-state index in [1.54, 1.807) is 12.2 Å². The number of unbranched alkanes of at least 4 members (excludes halogenated alkanes) is 14. The molecule has 0 bridgehead atoms. The normalized spacial score (nSPS) is 19.9. The Labute approximate surface area is 384 Å². The molecule has 1 aliphatic heterocycles. The van der Waals surface area contributed by atoms with Gasteiger partial charge in [0.05, 0.1) is 31.5 Å². The van der Waals surface area contributed by atoms with Gasteiger partial charge in [-0.2, -0.15) is 0 Å². The highest BCUT2D eigenvalue weighted by atomic mass is 31.2. The first kappa shape index (κ1) is 57.7. The molecule has 0 spiro atoms. The Kier molecular flexibility index (Phi) is 31.4. The molecule has 14 nitrogen and oxygen atoms in total. The summed E-state index contributed by atoms with van der Waals surface area (Å²) in [6, 6.07) is 0. The van der Waals surface area contributed by atoms with Crippen LogP contribution in [0.25, 0.3) is 0 Å². The summed E-state index contributed by atoms with van der Waals surface area (Å²) in [5.74, 6) is 0.992. The number of rotatable bonds is 38. The molecule has 1 aliphatic rings. The second-order valence-electron chi connectivity index (χ2n) is 17.4. The van der Waals surface area contributed by atoms with E-state index in [4.69, 9.17) is 33.4 Å². The Balaban J connectivity index is 1.67. The number of nitrogens with two attached hydrogens (primary N) is 1. The number of carbonyl (C=O) groups is 2. The van der Waals surface area contributed by atoms with Crippen molar-refractivity contribution < 1.29 is 62.0 Å². The predicted octanol–water partition coefficient (Wildman–Crippen LogP) is 9.71. The first-order valence-electron chi connectivity index (χ1n) is 24.6. The summed E-state index contributed by atoms with van der Waals surface area (Å²) in [7, 11) is -4.46. The van der Waals surface area contributed by atoms with Crippen LogP contribution in [-0.4, -0.2) is 89.2 Å². The lowest BCUT2D eigenvalue weighted by Crippen LogP contribution is -2.43. The van der Waals surface area contributed by atoms with Gasteiger partial charge in [-0.25, -0.2) is 4.57 Å². The van der Waals surface area contributed by atoms with Crippen LogP contribution in [0.5, 0.6) is 0 Å². The van der Waals surface area contributed by atoms with E-state index in [0.29, 0.717) is 32.1 Å². The SMILES string of the molecule is CCCCCc1oc(CCCCCCCCCCCCC(=O)O[C@H](COC(=O)CCC/C=C\C[C@H]2[C@@H](O)CC(O)O[C@@H]2/C=C/[C@@H](O)CCCCC)COP(=O)(O)OCCN)c(C)c1C. The maximum absolute atomic E-state index is 12.7. The van der Waals surface area contributed by atoms with E-state index in [9.17, 15) is 34.4 Å². The zero-order chi connectivity index (χ0) is 47.0. The number of aryl methyl sites for hydroxylation is 2. The molecule has 7 atom stereocenters. The summed E-state index contributed by atoms with van der Waals surface area (Å²) in [5.41, 5.74) is 8.02. The summed E-state index contributed by atoms with van der Waals surface area (Å²) in [5, 5.41) is 31.0. The van der Waals surface area contributed by atoms with Crippen LogP contribution < -0.4 is 5.73 Å². The lowest BCUT2D eigenvalue weighted by atomic mass is 9.87. The highest BCUT2D eigenvalue weighted by Crippen LogP contribution is 2.43. The van der Waals surface area contributed by atoms with Crippen molar-refractivity contribution in [1.29, 1.82) is 0 Å². The van der Waals surface area contributed by atoms with E-state index in [0.717, 1.165) is 64.2 Å². The highest BCUT2D eigenvalue weighted by Gasteiger charge is 2.35. The molecule has 0 saturated carbocycles. The van der Waals surface area contributed by atoms with Crippen LogP contribution in [0.3, 0.4) is 0 Å². The fourth-order valence-corrected chi connectivity index (χ4v) is 8.56. The van der Waals surface area contributed by atoms with Gasteiger partial charge in [-0.15, -0.1) is 0 Å². The summed E-state index contributed by atoms with van der Waals surface area (Å²) in [6.45, 7) is 7.64. The number of allylic oxidation sites excluding steroid dienone is 2. The monoisotopic (exact) mass is 928 g/mol. The van der Waals surface area contributed by atoms with Gasteiger partial charge in [-0.05, 0) is 69.9 Å². The molecule has 0 aliphatic carbocycles. The number of esters is 2. The number of phosphoric ester groups is 1. The van der Waals surface area contributed by atoms with E-state index in [1.165, 1.54) is 67.6 Å². The lowest BCUT2D eigenvalue weighted by Gasteiger charge is -2.36. The largest absolute Gasteiger partial charge is 0.472 e. The van der Waals surface area contributed by atoms with Gasteiger partial charge in [-0.1, -0.05) is 122 Å². The van der Waals surface area contributed by atoms with Crippen LogP contribution in [0, 0.1) is 19.8 Å². The molecule has 1 aromatic rings. The van der Waals surface area contributed by atoms with Crippen LogP contribution >= 0.6 is 7.82 Å². The molecule has 0 radical (unpaired) electrons. The van der Waals surface area contributed by atoms with E-state index >= 15 is 0 Å². The standard InChI is InChI=1S/C49H86NO13P/c1-5-7-19-25-40(51)31-32-46-42(43(52)35-49(55)63-46)26-21-17-18-23-29-47(53)58-36-41(37-60-64(56,57)59-34-33-50)61-48(54)30-24-16-14-12-10-9-11-13-15-22-28-45-39(4)38(3)44(62-45)27-20-8-6-2/h17,21,31-32,40-43,46,49,51-52,55H,5-16,18-20,22-30,33-37,50H2,1-4H3,(H,56,57)/b21-17-,32-31+/t40-,41+,42-,43-,46+,49?/m0/s1. The molecule has 1 saturated heterocycles. The zero-order valence-electron chi connectivity index (χ0n) is 39.8. The number of furan rings is 1. The molecule has 6 N–H and O–H groups in total. The van der Waals surface area contributed by atoms with Gasteiger partial charge >= 0.3 is 19.8 Å². The van der Waals surface area contributed by atoms with Crippen molar-refractivity contribution in [1.82, 2.24) is 0 Å². The molecular weight excluding hydrogens is 842 g/mol. The van der Waals surface area contributed by atoms with Crippen molar-refractivity contribution in [3.63, 3.8) is 0 Å². The van der Waals surface area contributed by atoms with Gasteiger partial charge in [-0.3, -0.25) is 18.6 Å². The number of ether oxygens (including phenoxy) is 3. The number of aliphatic hydroxyl groups is 3. The number of hydrogen-bond donors (Lipinski definition) is 5. The summed E-state index contributed by atoms with van der Waals surface area (Å²) in [4.78, 5) is 35.3. The van der Waals surface area contributed by atoms with E-state index in [1.807, 2.05) is 12.2 Å². The van der Waals surface area contributed by atoms with E-state index < -0.39 is 57.1 Å². The highest BCUT2D eigenvalue weighted by molar-refractivity contribution is 7.47. The second kappa shape index (κ2) is 34.9. The van der Waals surface area contributed by atoms with Gasteiger partial charge in [0.25, 0.3) is 0 Å². The number of aliphatic hydroxyl groups excluding tert-OH is 3. The first-order chi connectivity index (χ1) is 30.8. The van der Waals surface area contributed by atoms with Crippen LogP contribution in [-0.2, 0) is 50.3 Å². The minimum atomic E-state index is -4.46. The number of phosphoric acid groups is 1. The summed E-state index contributed by atoms with van der Waals surface area (Å²) < 4.78 is 44.8. The smallest absolute Gasteiger partial charge is 0.466 e. The molecule has 15 heteroatoms. The lowest BCUT2D eigenvalue weighted by molar-refractivity contribution is -0.199. The van der Waals surface area contributed by atoms with Gasteiger partial charge in [0.15, 0.2) is 12.4 Å². The van der Waals surface area contributed by atoms with Crippen molar-refractivity contribution in [2.75, 3.05) is 26.4 Å². The molecule has 64 heavy (non-hydrogen) atoms. The Morgan fingerprint density at radius 3 is 2.03 bits per heavy atom. The maximum atomic E-state index is 12.7. The molecule has 0 amide bonds. The van der Waals surface area contributed by atoms with Gasteiger partial charge < -0.3 is 44.6 Å². The minimum absolute atomic E-state index is 0.00893. The number of carbonyl (C=O) groups excluding carboxylic acids is 2. The Bertz CT molecular complexity index is 1500. The topological polar surface area (TPSA) is 217 Å². The van der Waals surface area contributed by atoms with Crippen molar-refractivity contribution in [2.24, 2.45) is 11.7 Å². The predicted molar refractivity (Wildman–Crippen MR) is 249 cm³/mol. The molecular formula is C49H86NO13P. The third-order valence-electron chi connectivity index (χ3n) is 11.8. The minimum Gasteiger partial charge on any atom is -0.466 e. The third kappa shape index (κ3) is 26.1. The quantitative estimate of drug-likeness (QED) is 0.0181.